The van der Waals surface area contributed by atoms with E-state index in [9.17, 15) is 18.0 Å². The second-order valence-corrected chi connectivity index (χ2v) is 8.00. The Bertz CT molecular complexity index is 1400. The number of nitrogens with one attached hydrogen (secondary N) is 1. The first-order valence-corrected chi connectivity index (χ1v) is 10.2. The molecule has 1 amide bonds. The van der Waals surface area contributed by atoms with Gasteiger partial charge in [-0.3, -0.25) is 4.79 Å². The molecular weight excluding hydrogens is 437 g/mol. The van der Waals surface area contributed by atoms with Crippen LogP contribution >= 0.6 is 11.6 Å². The summed E-state index contributed by atoms with van der Waals surface area (Å²) in [5, 5.41) is 4.14. The van der Waals surface area contributed by atoms with E-state index in [-0.39, 0.29) is 5.69 Å². The highest BCUT2D eigenvalue weighted by molar-refractivity contribution is 6.35. The van der Waals surface area contributed by atoms with Crippen molar-refractivity contribution in [1.82, 2.24) is 4.57 Å². The van der Waals surface area contributed by atoms with E-state index in [1.165, 1.54) is 6.07 Å². The third kappa shape index (κ3) is 3.56. The van der Waals surface area contributed by atoms with E-state index >= 15 is 0 Å². The molecule has 1 N–H and O–H groups in total. The minimum Gasteiger partial charge on any atom is -0.342 e. The monoisotopic (exact) mass is 452 g/mol. The number of nitrogens with zero attached hydrogens (tertiary/aromatic N) is 1. The molecule has 3 aromatic carbocycles. The maximum Gasteiger partial charge on any atom is 0.416 e. The Kier molecular flexibility index (Phi) is 4.82. The van der Waals surface area contributed by atoms with Crippen LogP contribution < -0.4 is 5.32 Å². The molecule has 5 rings (SSSR count). The number of rotatable bonds is 3. The molecule has 4 aromatic rings. The number of carbonyl (C=O) groups excluding carboxylic acids is 1. The second-order valence-electron chi connectivity index (χ2n) is 7.59. The predicted molar refractivity (Wildman–Crippen MR) is 120 cm³/mol. The van der Waals surface area contributed by atoms with E-state index in [0.29, 0.717) is 22.7 Å². The lowest BCUT2D eigenvalue weighted by Crippen LogP contribution is -2.06. The predicted octanol–water partition coefficient (Wildman–Crippen LogP) is 6.85. The Balaban J connectivity index is 1.60. The van der Waals surface area contributed by atoms with E-state index in [1.807, 2.05) is 59.3 Å². The highest BCUT2D eigenvalue weighted by Crippen LogP contribution is 2.39. The molecule has 1 aromatic heterocycles. The summed E-state index contributed by atoms with van der Waals surface area (Å²) < 4.78 is 41.2. The van der Waals surface area contributed by atoms with Gasteiger partial charge in [0.15, 0.2) is 0 Å². The summed E-state index contributed by atoms with van der Waals surface area (Å²) in [4.78, 5) is 12.6. The summed E-state index contributed by atoms with van der Waals surface area (Å²) >= 11 is 6.33. The highest BCUT2D eigenvalue weighted by Gasteiger charge is 2.33. The van der Waals surface area contributed by atoms with Crippen molar-refractivity contribution in [2.45, 2.75) is 12.7 Å². The number of carbonyl (C=O) groups is 1. The van der Waals surface area contributed by atoms with Gasteiger partial charge in [0.2, 0.25) is 0 Å². The van der Waals surface area contributed by atoms with Crippen molar-refractivity contribution < 1.29 is 18.0 Å². The van der Waals surface area contributed by atoms with E-state index in [0.717, 1.165) is 34.2 Å². The van der Waals surface area contributed by atoms with E-state index < -0.39 is 17.6 Å². The van der Waals surface area contributed by atoms with Crippen LogP contribution in [0.4, 0.5) is 18.9 Å². The van der Waals surface area contributed by atoms with Crippen molar-refractivity contribution >= 4 is 45.7 Å². The molecule has 0 aliphatic carbocycles. The molecule has 7 heteroatoms. The summed E-state index contributed by atoms with van der Waals surface area (Å²) in [5.74, 6) is -0.428. The van der Waals surface area contributed by atoms with Crippen molar-refractivity contribution in [3.8, 4) is 0 Å². The molecule has 2 heterocycles. The molecule has 32 heavy (non-hydrogen) atoms. The van der Waals surface area contributed by atoms with Gasteiger partial charge in [0.1, 0.15) is 0 Å². The van der Waals surface area contributed by atoms with Gasteiger partial charge in [0, 0.05) is 51.1 Å². The fraction of sp³-hybridized carbons (Fsp3) is 0.0800. The van der Waals surface area contributed by atoms with Crippen molar-refractivity contribution in [1.29, 1.82) is 0 Å². The number of halogens is 4. The number of alkyl halides is 3. The van der Waals surface area contributed by atoms with Crippen LogP contribution in [0.25, 0.3) is 22.6 Å². The van der Waals surface area contributed by atoms with Crippen LogP contribution in [0, 0.1) is 0 Å². The molecule has 0 saturated heterocycles. The Hall–Kier alpha value is -3.51. The summed E-state index contributed by atoms with van der Waals surface area (Å²) in [6.07, 6.45) is -0.825. The fourth-order valence-electron chi connectivity index (χ4n) is 4.00. The Labute approximate surface area is 186 Å². The van der Waals surface area contributed by atoms with E-state index in [1.54, 1.807) is 6.08 Å². The lowest BCUT2D eigenvalue weighted by molar-refractivity contribution is -0.137. The molecule has 160 valence electrons. The number of para-hydroxylation sites is 1. The van der Waals surface area contributed by atoms with Gasteiger partial charge >= 0.3 is 6.18 Å². The molecule has 0 saturated carbocycles. The lowest BCUT2D eigenvalue weighted by Gasteiger charge is -2.08. The van der Waals surface area contributed by atoms with E-state index in [2.05, 4.69) is 5.32 Å². The number of fused-ring (bicyclic) bond motifs is 2. The largest absolute Gasteiger partial charge is 0.416 e. The van der Waals surface area contributed by atoms with Gasteiger partial charge in [-0.05, 0) is 35.9 Å². The normalized spacial score (nSPS) is 14.8. The van der Waals surface area contributed by atoms with Crippen LogP contribution in [0.1, 0.15) is 22.3 Å². The number of amides is 1. The first-order valence-electron chi connectivity index (χ1n) is 9.87. The standard InChI is InChI=1S/C25H16ClF3N2O/c26-21-7-3-1-5-15(21)13-31-14-16(18-6-2-4-8-23(18)31)11-20-19-10-9-17(25(27,28)29)12-22(19)30-24(20)32/h1-12,14H,13H2,(H,30,32)/b20-11+. The molecule has 0 unspecified atom stereocenters. The zero-order valence-electron chi connectivity index (χ0n) is 16.6. The average Bonchev–Trinajstić information content (AvgIpc) is 3.26. The highest BCUT2D eigenvalue weighted by atomic mass is 35.5. The maximum atomic E-state index is 13.0. The van der Waals surface area contributed by atoms with Gasteiger partial charge in [-0.1, -0.05) is 54.1 Å². The molecule has 0 atom stereocenters. The van der Waals surface area contributed by atoms with Crippen molar-refractivity contribution in [2.75, 3.05) is 5.32 Å². The van der Waals surface area contributed by atoms with Gasteiger partial charge in [0.05, 0.1) is 5.56 Å². The smallest absolute Gasteiger partial charge is 0.342 e. The zero-order chi connectivity index (χ0) is 22.5. The Morgan fingerprint density at radius 3 is 2.53 bits per heavy atom. The SMILES string of the molecule is O=C1Nc2cc(C(F)(F)F)ccc2/C1=C\c1cn(Cc2ccccc2Cl)c2ccccc12. The summed E-state index contributed by atoms with van der Waals surface area (Å²) in [6, 6.07) is 18.6. The molecule has 0 radical (unpaired) electrons. The van der Waals surface area contributed by atoms with Gasteiger partial charge in [-0.2, -0.15) is 13.2 Å². The second kappa shape index (κ2) is 7.57. The summed E-state index contributed by atoms with van der Waals surface area (Å²) in [6.45, 7) is 0.543. The van der Waals surface area contributed by atoms with E-state index in [4.69, 9.17) is 11.6 Å². The number of benzene rings is 3. The van der Waals surface area contributed by atoms with Gasteiger partial charge in [-0.15, -0.1) is 0 Å². The summed E-state index contributed by atoms with van der Waals surface area (Å²) in [7, 11) is 0. The molecule has 0 bridgehead atoms. The first kappa shape index (κ1) is 20.4. The van der Waals surface area contributed by atoms with Gasteiger partial charge in [-0.25, -0.2) is 0 Å². The zero-order valence-corrected chi connectivity index (χ0v) is 17.3. The fourth-order valence-corrected chi connectivity index (χ4v) is 4.20. The number of aromatic nitrogens is 1. The van der Waals surface area contributed by atoms with Crippen molar-refractivity contribution in [2.24, 2.45) is 0 Å². The quantitative estimate of drug-likeness (QED) is 0.339. The van der Waals surface area contributed by atoms with Crippen LogP contribution in [0.15, 0.2) is 72.9 Å². The number of hydrogen-bond donors (Lipinski definition) is 1. The average molecular weight is 453 g/mol. The van der Waals surface area contributed by atoms with Crippen molar-refractivity contribution in [3.05, 3.63) is 100 Å². The topological polar surface area (TPSA) is 34.0 Å². The third-order valence-electron chi connectivity index (χ3n) is 5.55. The van der Waals surface area contributed by atoms with Crippen LogP contribution in [0.5, 0.6) is 0 Å². The molecule has 0 fully saturated rings. The van der Waals surface area contributed by atoms with Crippen LogP contribution in [0.3, 0.4) is 0 Å². The number of hydrogen-bond acceptors (Lipinski definition) is 1. The van der Waals surface area contributed by atoms with Gasteiger partial charge < -0.3 is 9.88 Å². The maximum absolute atomic E-state index is 13.0. The molecule has 1 aliphatic heterocycles. The molecule has 1 aliphatic rings. The molecule has 0 spiro atoms. The van der Waals surface area contributed by atoms with Crippen LogP contribution in [-0.4, -0.2) is 10.5 Å². The first-order chi connectivity index (χ1) is 15.3. The third-order valence-corrected chi connectivity index (χ3v) is 5.92. The lowest BCUT2D eigenvalue weighted by atomic mass is 10.0. The molecular formula is C25H16ClF3N2O. The van der Waals surface area contributed by atoms with Crippen LogP contribution in [0.2, 0.25) is 5.02 Å². The minimum absolute atomic E-state index is 0.163. The Morgan fingerprint density at radius 2 is 1.75 bits per heavy atom. The summed E-state index contributed by atoms with van der Waals surface area (Å²) in [5.41, 5.74) is 2.86. The van der Waals surface area contributed by atoms with Crippen molar-refractivity contribution in [3.63, 3.8) is 0 Å². The number of anilines is 1. The minimum atomic E-state index is -4.47. The Morgan fingerprint density at radius 1 is 1.00 bits per heavy atom. The molecule has 3 nitrogen and oxygen atoms in total. The van der Waals surface area contributed by atoms with Gasteiger partial charge in [0.25, 0.3) is 5.91 Å². The van der Waals surface area contributed by atoms with Crippen LogP contribution in [-0.2, 0) is 17.5 Å².